The highest BCUT2D eigenvalue weighted by Gasteiger charge is 2.14. The fourth-order valence-corrected chi connectivity index (χ4v) is 3.43. The van der Waals surface area contributed by atoms with E-state index in [1.807, 2.05) is 0 Å². The fourth-order valence-electron chi connectivity index (χ4n) is 3.43. The van der Waals surface area contributed by atoms with E-state index in [9.17, 15) is 0 Å². The van der Waals surface area contributed by atoms with E-state index in [0.29, 0.717) is 0 Å². The molecule has 0 heterocycles. The third kappa shape index (κ3) is 7.07. The number of hydrogen-bond acceptors (Lipinski definition) is 1. The molecule has 2 nitrogen and oxygen atoms in total. The van der Waals surface area contributed by atoms with Crippen LogP contribution in [0.1, 0.15) is 71.6 Å². The van der Waals surface area contributed by atoms with E-state index in [4.69, 9.17) is 0 Å². The molecule has 2 heteroatoms. The van der Waals surface area contributed by atoms with E-state index in [-0.39, 0.29) is 5.48 Å². The van der Waals surface area contributed by atoms with Crippen LogP contribution in [0.4, 0.5) is 0 Å². The first kappa shape index (κ1) is 21.5. The molecule has 25 heavy (non-hydrogen) atoms. The molecule has 0 aliphatic rings. The van der Waals surface area contributed by atoms with Gasteiger partial charge in [-0.15, -0.1) is 0 Å². The Labute approximate surface area is 154 Å². The Hall–Kier alpha value is -1.54. The van der Waals surface area contributed by atoms with Crippen LogP contribution in [0.3, 0.4) is 0 Å². The van der Waals surface area contributed by atoms with Crippen LogP contribution in [0.25, 0.3) is 10.8 Å². The molecule has 0 aromatic heterocycles. The van der Waals surface area contributed by atoms with E-state index >= 15 is 0 Å². The average molecular weight is 345 g/mol. The van der Waals surface area contributed by atoms with Gasteiger partial charge in [0, 0.05) is 18.9 Å². The van der Waals surface area contributed by atoms with Crippen molar-refractivity contribution in [2.24, 2.45) is 0 Å². The molecule has 2 rings (SSSR count). The van der Waals surface area contributed by atoms with Gasteiger partial charge in [-0.2, -0.15) is 0 Å². The van der Waals surface area contributed by atoms with Crippen LogP contribution in [0.5, 0.6) is 5.75 Å². The molecule has 0 bridgehead atoms. The zero-order valence-electron chi connectivity index (χ0n) is 16.2. The van der Waals surface area contributed by atoms with Crippen molar-refractivity contribution in [3.8, 4) is 5.75 Å². The first-order chi connectivity index (χ1) is 11.9. The highest BCUT2D eigenvalue weighted by molar-refractivity contribution is 5.88. The molecule has 0 saturated heterocycles. The second-order valence-electron chi connectivity index (χ2n) is 6.85. The maximum atomic E-state index is 3.53. The van der Waals surface area contributed by atoms with Gasteiger partial charge in [-0.3, -0.25) is 0 Å². The summed E-state index contributed by atoms with van der Waals surface area (Å²) in [5.74, 6) is 1.33. The molecule has 0 unspecified atom stereocenters. The molecule has 0 spiro atoms. The van der Waals surface area contributed by atoms with Crippen molar-refractivity contribution in [2.45, 2.75) is 71.6 Å². The van der Waals surface area contributed by atoms with Gasteiger partial charge in [0.05, 0.1) is 5.39 Å². The Morgan fingerprint density at radius 2 is 1.28 bits per heavy atom. The molecule has 2 aromatic rings. The van der Waals surface area contributed by atoms with Crippen LogP contribution in [-0.2, 0) is 4.37 Å². The standard InChI is InChI=1S/C23H35O.H2O/c1-3-5-6-7-8-9-10-13-20-24(19-4-2)23-18-14-16-21-15-11-12-17-22(21)23;/h11-12,14-18H,3-10,13,19-20H2,1-2H3;1H2/q+1;/p-1. The number of hydrogen-bond donors (Lipinski definition) is 0. The van der Waals surface area contributed by atoms with Gasteiger partial charge in [-0.05, 0) is 17.9 Å². The Morgan fingerprint density at radius 3 is 2.00 bits per heavy atom. The van der Waals surface area contributed by atoms with Gasteiger partial charge < -0.3 is 9.84 Å². The number of unbranched alkanes of at least 4 members (excludes halogenated alkanes) is 7. The largest absolute Gasteiger partial charge is 0.870 e. The molecule has 140 valence electrons. The molecule has 0 amide bonds. The first-order valence-electron chi connectivity index (χ1n) is 10.0. The third-order valence-corrected chi connectivity index (χ3v) is 4.76. The summed E-state index contributed by atoms with van der Waals surface area (Å²) in [5.41, 5.74) is 0. The minimum absolute atomic E-state index is 0. The second kappa shape index (κ2) is 12.8. The Balaban J connectivity index is 0.00000312. The summed E-state index contributed by atoms with van der Waals surface area (Å²) in [6.07, 6.45) is 12.2. The van der Waals surface area contributed by atoms with Crippen molar-refractivity contribution in [1.29, 1.82) is 0 Å². The van der Waals surface area contributed by atoms with Crippen LogP contribution in [-0.4, -0.2) is 18.7 Å². The Morgan fingerprint density at radius 1 is 0.640 bits per heavy atom. The first-order valence-corrected chi connectivity index (χ1v) is 10.0. The van der Waals surface area contributed by atoms with Crippen molar-refractivity contribution < 1.29 is 9.84 Å². The Bertz CT molecular complexity index is 574. The monoisotopic (exact) mass is 344 g/mol. The molecule has 0 aliphatic carbocycles. The van der Waals surface area contributed by atoms with Gasteiger partial charge >= 0.3 is 0 Å². The smallest absolute Gasteiger partial charge is 0.263 e. The van der Waals surface area contributed by atoms with Gasteiger partial charge in [0.15, 0.2) is 13.2 Å². The van der Waals surface area contributed by atoms with Crippen molar-refractivity contribution in [2.75, 3.05) is 13.2 Å². The van der Waals surface area contributed by atoms with Crippen LogP contribution >= 0.6 is 0 Å². The molecule has 0 fully saturated rings. The minimum Gasteiger partial charge on any atom is -0.870 e. The highest BCUT2D eigenvalue weighted by Crippen LogP contribution is 2.33. The van der Waals surface area contributed by atoms with E-state index in [1.54, 1.807) is 0 Å². The predicted molar refractivity (Wildman–Crippen MR) is 109 cm³/mol. The molecule has 1 N–H and O–H groups in total. The summed E-state index contributed by atoms with van der Waals surface area (Å²) in [5, 5.41) is 2.69. The van der Waals surface area contributed by atoms with E-state index < -0.39 is 0 Å². The van der Waals surface area contributed by atoms with E-state index in [2.05, 4.69) is 60.7 Å². The van der Waals surface area contributed by atoms with Crippen molar-refractivity contribution in [1.82, 2.24) is 0 Å². The van der Waals surface area contributed by atoms with Crippen molar-refractivity contribution in [3.05, 3.63) is 42.5 Å². The molecule has 0 atom stereocenters. The summed E-state index contributed by atoms with van der Waals surface area (Å²) in [7, 11) is 0. The van der Waals surface area contributed by atoms with E-state index in [0.717, 1.165) is 13.2 Å². The number of fused-ring (bicyclic) bond motifs is 1. The lowest BCUT2D eigenvalue weighted by atomic mass is 10.1. The molecule has 2 aromatic carbocycles. The number of benzene rings is 2. The summed E-state index contributed by atoms with van der Waals surface area (Å²) in [6, 6.07) is 15.4. The van der Waals surface area contributed by atoms with Gasteiger partial charge in [-0.1, -0.05) is 82.7 Å². The van der Waals surface area contributed by atoms with E-state index in [1.165, 1.54) is 74.3 Å². The molecule has 0 saturated carbocycles. The lowest BCUT2D eigenvalue weighted by Gasteiger charge is -2.25. The lowest BCUT2D eigenvalue weighted by molar-refractivity contribution is -0.0536. The predicted octanol–water partition coefficient (Wildman–Crippen LogP) is 7.48. The van der Waals surface area contributed by atoms with Gasteiger partial charge in [-0.25, -0.2) is 0 Å². The van der Waals surface area contributed by atoms with Gasteiger partial charge in [0.25, 0.3) is 5.75 Å². The molecule has 0 aliphatic heterocycles. The van der Waals surface area contributed by atoms with Crippen LogP contribution < -0.4 is 0 Å². The maximum Gasteiger partial charge on any atom is 0.263 e. The van der Waals surface area contributed by atoms with Gasteiger partial charge in [0.1, 0.15) is 0 Å². The number of rotatable bonds is 12. The zero-order chi connectivity index (χ0) is 17.0. The topological polar surface area (TPSA) is 32.7 Å². The van der Waals surface area contributed by atoms with Crippen LogP contribution in [0.15, 0.2) is 42.5 Å². The molecular formula is C23H36O2. The summed E-state index contributed by atoms with van der Waals surface area (Å²) in [4.78, 5) is 0. The van der Waals surface area contributed by atoms with Crippen LogP contribution in [0, 0.1) is 0 Å². The maximum absolute atomic E-state index is 3.53. The molecule has 0 radical (unpaired) electrons. The second-order valence-corrected chi connectivity index (χ2v) is 6.85. The summed E-state index contributed by atoms with van der Waals surface area (Å²) in [6.45, 7) is 6.73. The zero-order valence-corrected chi connectivity index (χ0v) is 16.2. The fraction of sp³-hybridized carbons (Fsp3) is 0.565. The Kier molecular flexibility index (Phi) is 11.0. The van der Waals surface area contributed by atoms with Gasteiger partial charge in [0.2, 0.25) is 0 Å². The highest BCUT2D eigenvalue weighted by atomic mass is 16.7. The summed E-state index contributed by atoms with van der Waals surface area (Å²) >= 11 is 0. The SMILES string of the molecule is CCCCCCCCCC[O+](CCC)c1cccc2ccccc12.[OH-]. The normalized spacial score (nSPS) is 10.6. The van der Waals surface area contributed by atoms with Crippen molar-refractivity contribution >= 4 is 10.8 Å². The third-order valence-electron chi connectivity index (χ3n) is 4.76. The average Bonchev–Trinajstić information content (AvgIpc) is 2.62. The molecular weight excluding hydrogens is 308 g/mol. The minimum atomic E-state index is 0. The quantitative estimate of drug-likeness (QED) is 0.290. The van der Waals surface area contributed by atoms with Crippen LogP contribution in [0.2, 0.25) is 0 Å². The lowest BCUT2D eigenvalue weighted by Crippen LogP contribution is -2.11. The van der Waals surface area contributed by atoms with Crippen molar-refractivity contribution in [3.63, 3.8) is 0 Å². The summed E-state index contributed by atoms with van der Waals surface area (Å²) < 4.78 is 3.53.